The summed E-state index contributed by atoms with van der Waals surface area (Å²) >= 11 is 3.08. The van der Waals surface area contributed by atoms with Crippen molar-refractivity contribution in [1.29, 1.82) is 0 Å². The van der Waals surface area contributed by atoms with Crippen LogP contribution in [0.3, 0.4) is 0 Å². The molecule has 32 heavy (non-hydrogen) atoms. The minimum Gasteiger partial charge on any atom is -0.378 e. The van der Waals surface area contributed by atoms with E-state index in [4.69, 9.17) is 4.74 Å². The van der Waals surface area contributed by atoms with Gasteiger partial charge in [-0.1, -0.05) is 0 Å². The summed E-state index contributed by atoms with van der Waals surface area (Å²) < 4.78 is 5.41. The summed E-state index contributed by atoms with van der Waals surface area (Å²) in [5, 5.41) is 3.74. The first-order valence-electron chi connectivity index (χ1n) is 10.9. The zero-order valence-electron chi connectivity index (χ0n) is 17.7. The number of carbonyl (C=O) groups excluding carboxylic acids is 1. The number of thioether (sulfide) groups is 1. The van der Waals surface area contributed by atoms with Crippen LogP contribution in [0.15, 0.2) is 23.1 Å². The zero-order valence-corrected chi connectivity index (χ0v) is 19.3. The van der Waals surface area contributed by atoms with E-state index >= 15 is 0 Å². The number of ether oxygens (including phenoxy) is 1. The van der Waals surface area contributed by atoms with Crippen molar-refractivity contribution in [3.8, 4) is 0 Å². The van der Waals surface area contributed by atoms with Gasteiger partial charge in [0.1, 0.15) is 10.7 Å². The molecular formula is C22H25N5O3S2. The van der Waals surface area contributed by atoms with E-state index in [1.807, 2.05) is 12.1 Å². The van der Waals surface area contributed by atoms with Crippen molar-refractivity contribution in [2.75, 3.05) is 42.3 Å². The Labute approximate surface area is 193 Å². The number of fused-ring (bicyclic) bond motifs is 3. The number of hydrogen-bond acceptors (Lipinski definition) is 8. The minimum atomic E-state index is -0.104. The van der Waals surface area contributed by atoms with Gasteiger partial charge in [-0.3, -0.25) is 9.59 Å². The smallest absolute Gasteiger partial charge is 0.259 e. The summed E-state index contributed by atoms with van der Waals surface area (Å²) in [7, 11) is 0. The second-order valence-electron chi connectivity index (χ2n) is 7.92. The molecule has 8 nitrogen and oxygen atoms in total. The number of aryl methyl sites for hydroxylation is 2. The van der Waals surface area contributed by atoms with Crippen molar-refractivity contribution in [3.05, 3.63) is 44.9 Å². The number of morpholine rings is 1. The Morgan fingerprint density at radius 2 is 2.12 bits per heavy atom. The van der Waals surface area contributed by atoms with E-state index in [1.54, 1.807) is 17.5 Å². The standard InChI is InChI=1S/C22H25N5O3S2/c28-18(24-15-5-3-7-23-20(15)27-8-10-30-11-9-27)13-31-12-17-25-21(29)19-14-4-1-2-6-16(14)32-22(19)26-17/h3,5,7H,1-2,4,6,8-13H2,(H,24,28)(H,25,26,29). The highest BCUT2D eigenvalue weighted by molar-refractivity contribution is 7.99. The van der Waals surface area contributed by atoms with Gasteiger partial charge in [-0.25, -0.2) is 9.97 Å². The molecule has 3 aromatic rings. The molecule has 1 fully saturated rings. The lowest BCUT2D eigenvalue weighted by atomic mass is 9.97. The van der Waals surface area contributed by atoms with Crippen molar-refractivity contribution in [1.82, 2.24) is 15.0 Å². The Hall–Kier alpha value is -2.43. The number of pyridine rings is 1. The average Bonchev–Trinajstić information content (AvgIpc) is 3.19. The number of aromatic amines is 1. The Kier molecular flexibility index (Phi) is 6.42. The molecule has 0 aromatic carbocycles. The number of nitrogens with zero attached hydrogens (tertiary/aromatic N) is 3. The topological polar surface area (TPSA) is 100 Å². The SMILES string of the molecule is O=C(CSCc1nc2sc3c(c2c(=O)[nH]1)CCCC3)Nc1cccnc1N1CCOCC1. The Morgan fingerprint density at radius 1 is 1.28 bits per heavy atom. The van der Waals surface area contributed by atoms with Crippen LogP contribution in [0, 0.1) is 0 Å². The number of anilines is 2. The zero-order chi connectivity index (χ0) is 21.9. The fourth-order valence-corrected chi connectivity index (χ4v) is 6.20. The maximum atomic E-state index is 12.7. The number of carbonyl (C=O) groups is 1. The second kappa shape index (κ2) is 9.60. The number of rotatable bonds is 6. The molecule has 2 N–H and O–H groups in total. The van der Waals surface area contributed by atoms with Crippen LogP contribution in [0.1, 0.15) is 29.1 Å². The molecule has 0 spiro atoms. The lowest BCUT2D eigenvalue weighted by Crippen LogP contribution is -2.37. The Morgan fingerprint density at radius 3 is 3.00 bits per heavy atom. The third kappa shape index (κ3) is 4.53. The molecule has 3 aromatic heterocycles. The number of thiophene rings is 1. The number of hydrogen-bond donors (Lipinski definition) is 2. The van der Waals surface area contributed by atoms with Gasteiger partial charge in [0.2, 0.25) is 5.91 Å². The molecule has 0 atom stereocenters. The van der Waals surface area contributed by atoms with Crippen molar-refractivity contribution in [3.63, 3.8) is 0 Å². The highest BCUT2D eigenvalue weighted by Crippen LogP contribution is 2.33. The van der Waals surface area contributed by atoms with Crippen molar-refractivity contribution < 1.29 is 9.53 Å². The van der Waals surface area contributed by atoms with Crippen molar-refractivity contribution in [2.45, 2.75) is 31.4 Å². The molecule has 4 heterocycles. The van der Waals surface area contributed by atoms with Gasteiger partial charge in [-0.2, -0.15) is 0 Å². The third-order valence-electron chi connectivity index (χ3n) is 5.72. The Balaban J connectivity index is 1.21. The van der Waals surface area contributed by atoms with E-state index in [1.165, 1.54) is 28.6 Å². The van der Waals surface area contributed by atoms with E-state index in [-0.39, 0.29) is 17.2 Å². The van der Waals surface area contributed by atoms with E-state index < -0.39 is 0 Å². The molecule has 1 amide bonds. The molecule has 0 radical (unpaired) electrons. The fraction of sp³-hybridized carbons (Fsp3) is 0.455. The van der Waals surface area contributed by atoms with E-state index in [2.05, 4.69) is 25.2 Å². The van der Waals surface area contributed by atoms with Crippen molar-refractivity contribution >= 4 is 50.7 Å². The van der Waals surface area contributed by atoms with Gasteiger partial charge in [-0.15, -0.1) is 23.1 Å². The summed E-state index contributed by atoms with van der Waals surface area (Å²) in [6.45, 7) is 2.82. The summed E-state index contributed by atoms with van der Waals surface area (Å²) in [6.07, 6.45) is 6.06. The summed E-state index contributed by atoms with van der Waals surface area (Å²) in [5.41, 5.74) is 1.84. The van der Waals surface area contributed by atoms with Gasteiger partial charge < -0.3 is 19.9 Å². The van der Waals surface area contributed by atoms with Gasteiger partial charge in [-0.05, 0) is 43.4 Å². The molecule has 0 unspecified atom stereocenters. The van der Waals surface area contributed by atoms with Crippen LogP contribution >= 0.6 is 23.1 Å². The van der Waals surface area contributed by atoms with Gasteiger partial charge in [0.25, 0.3) is 5.56 Å². The lowest BCUT2D eigenvalue weighted by Gasteiger charge is -2.29. The number of nitrogens with one attached hydrogen (secondary N) is 2. The maximum Gasteiger partial charge on any atom is 0.259 e. The van der Waals surface area contributed by atoms with Gasteiger partial charge in [0.05, 0.1) is 35.8 Å². The summed E-state index contributed by atoms with van der Waals surface area (Å²) in [5.74, 6) is 2.03. The molecule has 10 heteroatoms. The predicted molar refractivity (Wildman–Crippen MR) is 129 cm³/mol. The minimum absolute atomic E-state index is 0.0556. The highest BCUT2D eigenvalue weighted by Gasteiger charge is 2.20. The molecule has 168 valence electrons. The number of amides is 1. The Bertz CT molecular complexity index is 1190. The molecule has 2 aliphatic rings. The van der Waals surface area contributed by atoms with Crippen LogP contribution in [0.2, 0.25) is 0 Å². The summed E-state index contributed by atoms with van der Waals surface area (Å²) in [6, 6.07) is 3.68. The van der Waals surface area contributed by atoms with Crippen molar-refractivity contribution in [2.24, 2.45) is 0 Å². The molecular weight excluding hydrogens is 446 g/mol. The van der Waals surface area contributed by atoms with Crippen LogP contribution in [-0.2, 0) is 28.1 Å². The highest BCUT2D eigenvalue weighted by atomic mass is 32.2. The molecule has 0 saturated carbocycles. The lowest BCUT2D eigenvalue weighted by molar-refractivity contribution is -0.113. The average molecular weight is 472 g/mol. The number of H-pyrrole nitrogens is 1. The number of aromatic nitrogens is 3. The van der Waals surface area contributed by atoms with E-state index in [9.17, 15) is 9.59 Å². The fourth-order valence-electron chi connectivity index (χ4n) is 4.23. The van der Waals surface area contributed by atoms with Crippen LogP contribution in [0.5, 0.6) is 0 Å². The molecule has 1 saturated heterocycles. The first kappa shape index (κ1) is 21.4. The van der Waals surface area contributed by atoms with Crippen LogP contribution < -0.4 is 15.8 Å². The first-order valence-corrected chi connectivity index (χ1v) is 12.8. The monoisotopic (exact) mass is 471 g/mol. The maximum absolute atomic E-state index is 12.7. The van der Waals surface area contributed by atoms with E-state index in [0.29, 0.717) is 30.5 Å². The second-order valence-corrected chi connectivity index (χ2v) is 9.99. The predicted octanol–water partition coefficient (Wildman–Crippen LogP) is 2.97. The van der Waals surface area contributed by atoms with Gasteiger partial charge in [0, 0.05) is 24.2 Å². The quantitative estimate of drug-likeness (QED) is 0.570. The normalized spacial score (nSPS) is 16.2. The van der Waals surface area contributed by atoms with Crippen LogP contribution in [0.25, 0.3) is 10.2 Å². The first-order chi connectivity index (χ1) is 15.7. The van der Waals surface area contributed by atoms with Crippen LogP contribution in [-0.4, -0.2) is 52.9 Å². The molecule has 1 aliphatic heterocycles. The van der Waals surface area contributed by atoms with Gasteiger partial charge >= 0.3 is 0 Å². The third-order valence-corrected chi connectivity index (χ3v) is 7.85. The molecule has 0 bridgehead atoms. The van der Waals surface area contributed by atoms with Gasteiger partial charge in [0.15, 0.2) is 5.82 Å². The molecule has 1 aliphatic carbocycles. The van der Waals surface area contributed by atoms with Crippen LogP contribution in [0.4, 0.5) is 11.5 Å². The largest absolute Gasteiger partial charge is 0.378 e. The van der Waals surface area contributed by atoms with E-state index in [0.717, 1.165) is 48.4 Å². The summed E-state index contributed by atoms with van der Waals surface area (Å²) in [4.78, 5) is 41.5. The molecule has 5 rings (SSSR count).